The molecular formula is C10H17N3. The summed E-state index contributed by atoms with van der Waals surface area (Å²) >= 11 is 0. The van der Waals surface area contributed by atoms with Crippen LogP contribution in [-0.4, -0.2) is 14.8 Å². The van der Waals surface area contributed by atoms with Crippen molar-refractivity contribution in [3.05, 3.63) is 11.6 Å². The van der Waals surface area contributed by atoms with Crippen LogP contribution < -0.4 is 0 Å². The minimum absolute atomic E-state index is 0.449. The summed E-state index contributed by atoms with van der Waals surface area (Å²) in [7, 11) is 0. The first-order chi connectivity index (χ1) is 6.18. The molecule has 0 N–H and O–H groups in total. The number of rotatable bonds is 1. The van der Waals surface area contributed by atoms with Gasteiger partial charge >= 0.3 is 0 Å². The Morgan fingerprint density at radius 3 is 2.85 bits per heavy atom. The van der Waals surface area contributed by atoms with Crippen molar-refractivity contribution in [3.8, 4) is 0 Å². The lowest BCUT2D eigenvalue weighted by atomic mass is 10.1. The maximum absolute atomic E-state index is 4.55. The van der Waals surface area contributed by atoms with Crippen molar-refractivity contribution in [3.63, 3.8) is 0 Å². The minimum Gasteiger partial charge on any atom is -0.247 e. The van der Waals surface area contributed by atoms with E-state index in [2.05, 4.69) is 35.5 Å². The van der Waals surface area contributed by atoms with E-state index in [1.165, 1.54) is 18.7 Å². The second-order valence-electron chi connectivity index (χ2n) is 4.23. The van der Waals surface area contributed by atoms with Crippen LogP contribution in [0.15, 0.2) is 0 Å². The topological polar surface area (TPSA) is 30.7 Å². The lowest BCUT2D eigenvalue weighted by molar-refractivity contribution is 0.387. The van der Waals surface area contributed by atoms with Crippen molar-refractivity contribution in [1.82, 2.24) is 14.8 Å². The van der Waals surface area contributed by atoms with Gasteiger partial charge in [-0.3, -0.25) is 0 Å². The third kappa shape index (κ3) is 1.47. The largest absolute Gasteiger partial charge is 0.247 e. The molecular weight excluding hydrogens is 162 g/mol. The predicted octanol–water partition coefficient (Wildman–Crippen LogP) is 2.30. The van der Waals surface area contributed by atoms with E-state index < -0.39 is 0 Å². The van der Waals surface area contributed by atoms with E-state index in [-0.39, 0.29) is 0 Å². The fraction of sp³-hybridized carbons (Fsp3) is 0.800. The van der Waals surface area contributed by atoms with Gasteiger partial charge in [-0.2, -0.15) is 5.10 Å². The summed E-state index contributed by atoms with van der Waals surface area (Å²) in [6.45, 7) is 6.51. The standard InChI is InChI=1S/C10H17N3/c1-7(2)10-11-9-6-4-5-8(3)13(9)12-10/h7-8H,4-6H2,1-3H3. The Morgan fingerprint density at radius 1 is 1.46 bits per heavy atom. The third-order valence-electron chi connectivity index (χ3n) is 2.67. The average molecular weight is 179 g/mol. The Hall–Kier alpha value is -0.860. The predicted molar refractivity (Wildman–Crippen MR) is 51.8 cm³/mol. The van der Waals surface area contributed by atoms with Gasteiger partial charge in [-0.25, -0.2) is 9.67 Å². The van der Waals surface area contributed by atoms with E-state index in [4.69, 9.17) is 0 Å². The molecule has 0 aliphatic carbocycles. The molecule has 13 heavy (non-hydrogen) atoms. The lowest BCUT2D eigenvalue weighted by Gasteiger charge is -2.18. The summed E-state index contributed by atoms with van der Waals surface area (Å²) in [4.78, 5) is 4.55. The van der Waals surface area contributed by atoms with Crippen molar-refractivity contribution in [2.45, 2.75) is 52.0 Å². The molecule has 1 aliphatic heterocycles. The summed E-state index contributed by atoms with van der Waals surface area (Å²) < 4.78 is 2.11. The molecule has 2 rings (SSSR count). The molecule has 1 aliphatic rings. The third-order valence-corrected chi connectivity index (χ3v) is 2.67. The van der Waals surface area contributed by atoms with Gasteiger partial charge < -0.3 is 0 Å². The van der Waals surface area contributed by atoms with Gasteiger partial charge in [0, 0.05) is 12.3 Å². The average Bonchev–Trinajstić information content (AvgIpc) is 2.49. The fourth-order valence-electron chi connectivity index (χ4n) is 1.82. The Bertz CT molecular complexity index is 301. The van der Waals surface area contributed by atoms with Gasteiger partial charge in [-0.05, 0) is 19.8 Å². The second-order valence-corrected chi connectivity index (χ2v) is 4.23. The Morgan fingerprint density at radius 2 is 2.23 bits per heavy atom. The van der Waals surface area contributed by atoms with Crippen LogP contribution in [-0.2, 0) is 6.42 Å². The minimum atomic E-state index is 0.449. The van der Waals surface area contributed by atoms with Crippen LogP contribution in [0.1, 0.15) is 57.2 Å². The van der Waals surface area contributed by atoms with E-state index in [1.54, 1.807) is 0 Å². The summed E-state index contributed by atoms with van der Waals surface area (Å²) in [5, 5.41) is 4.54. The van der Waals surface area contributed by atoms with Crippen molar-refractivity contribution in [2.75, 3.05) is 0 Å². The molecule has 0 saturated carbocycles. The fourth-order valence-corrected chi connectivity index (χ4v) is 1.82. The first-order valence-corrected chi connectivity index (χ1v) is 5.14. The highest BCUT2D eigenvalue weighted by atomic mass is 15.4. The highest BCUT2D eigenvalue weighted by Crippen LogP contribution is 2.23. The van der Waals surface area contributed by atoms with Gasteiger partial charge in [-0.15, -0.1) is 0 Å². The molecule has 3 heteroatoms. The summed E-state index contributed by atoms with van der Waals surface area (Å²) in [6.07, 6.45) is 3.61. The van der Waals surface area contributed by atoms with Crippen molar-refractivity contribution >= 4 is 0 Å². The van der Waals surface area contributed by atoms with Crippen LogP contribution in [0.3, 0.4) is 0 Å². The van der Waals surface area contributed by atoms with Crippen LogP contribution >= 0.6 is 0 Å². The first-order valence-electron chi connectivity index (χ1n) is 5.14. The molecule has 0 amide bonds. The van der Waals surface area contributed by atoms with E-state index in [9.17, 15) is 0 Å². The van der Waals surface area contributed by atoms with Crippen LogP contribution in [0.5, 0.6) is 0 Å². The molecule has 1 aromatic heterocycles. The lowest BCUT2D eigenvalue weighted by Crippen LogP contribution is -2.16. The molecule has 0 spiro atoms. The highest BCUT2D eigenvalue weighted by molar-refractivity contribution is 5.00. The molecule has 0 bridgehead atoms. The van der Waals surface area contributed by atoms with Crippen molar-refractivity contribution in [2.24, 2.45) is 0 Å². The smallest absolute Gasteiger partial charge is 0.153 e. The van der Waals surface area contributed by atoms with Gasteiger partial charge in [0.2, 0.25) is 0 Å². The second kappa shape index (κ2) is 3.13. The molecule has 0 fully saturated rings. The number of aromatic nitrogens is 3. The van der Waals surface area contributed by atoms with Gasteiger partial charge in [0.15, 0.2) is 5.82 Å². The van der Waals surface area contributed by atoms with Gasteiger partial charge in [0.1, 0.15) is 5.82 Å². The summed E-state index contributed by atoms with van der Waals surface area (Å²) in [5.74, 6) is 2.64. The molecule has 0 aromatic carbocycles. The molecule has 3 nitrogen and oxygen atoms in total. The number of nitrogens with zero attached hydrogens (tertiary/aromatic N) is 3. The summed E-state index contributed by atoms with van der Waals surface area (Å²) in [6, 6.07) is 0.545. The van der Waals surface area contributed by atoms with Gasteiger partial charge in [0.25, 0.3) is 0 Å². The van der Waals surface area contributed by atoms with E-state index in [0.717, 1.165) is 12.2 Å². The number of hydrogen-bond acceptors (Lipinski definition) is 2. The maximum Gasteiger partial charge on any atom is 0.153 e. The number of aryl methyl sites for hydroxylation is 1. The normalized spacial score (nSPS) is 22.0. The van der Waals surface area contributed by atoms with E-state index in [0.29, 0.717) is 12.0 Å². The van der Waals surface area contributed by atoms with Gasteiger partial charge in [0.05, 0.1) is 6.04 Å². The molecule has 1 aromatic rings. The number of fused-ring (bicyclic) bond motifs is 1. The Balaban J connectivity index is 2.36. The zero-order valence-corrected chi connectivity index (χ0v) is 8.62. The zero-order valence-electron chi connectivity index (χ0n) is 8.62. The molecule has 1 unspecified atom stereocenters. The molecule has 2 heterocycles. The first kappa shape index (κ1) is 8.73. The molecule has 1 atom stereocenters. The summed E-state index contributed by atoms with van der Waals surface area (Å²) in [5.41, 5.74) is 0. The van der Waals surface area contributed by atoms with Crippen molar-refractivity contribution in [1.29, 1.82) is 0 Å². The number of hydrogen-bond donors (Lipinski definition) is 0. The van der Waals surface area contributed by atoms with Crippen LogP contribution in [0.4, 0.5) is 0 Å². The quantitative estimate of drug-likeness (QED) is 0.662. The SMILES string of the molecule is CC(C)c1nc2n(n1)C(C)CCC2. The van der Waals surface area contributed by atoms with Crippen molar-refractivity contribution < 1.29 is 0 Å². The highest BCUT2D eigenvalue weighted by Gasteiger charge is 2.20. The molecule has 72 valence electrons. The Labute approximate surface area is 79.2 Å². The van der Waals surface area contributed by atoms with Crippen LogP contribution in [0.2, 0.25) is 0 Å². The van der Waals surface area contributed by atoms with Crippen LogP contribution in [0, 0.1) is 0 Å². The van der Waals surface area contributed by atoms with Crippen LogP contribution in [0.25, 0.3) is 0 Å². The van der Waals surface area contributed by atoms with E-state index in [1.807, 2.05) is 0 Å². The maximum atomic E-state index is 4.55. The zero-order chi connectivity index (χ0) is 9.42. The van der Waals surface area contributed by atoms with E-state index >= 15 is 0 Å². The van der Waals surface area contributed by atoms with Gasteiger partial charge in [-0.1, -0.05) is 13.8 Å². The Kier molecular flexibility index (Phi) is 2.10. The molecule has 0 radical (unpaired) electrons. The monoisotopic (exact) mass is 179 g/mol. The molecule has 0 saturated heterocycles.